The minimum Gasteiger partial charge on any atom is -0.481 e. The molecule has 0 bridgehead atoms. The third kappa shape index (κ3) is 6.77. The summed E-state index contributed by atoms with van der Waals surface area (Å²) in [6.07, 6.45) is 1.76. The summed E-state index contributed by atoms with van der Waals surface area (Å²) in [5, 5.41) is 10.1. The molecule has 0 spiro atoms. The summed E-state index contributed by atoms with van der Waals surface area (Å²) in [6, 6.07) is 17.4. The number of rotatable bonds is 7. The summed E-state index contributed by atoms with van der Waals surface area (Å²) in [5.41, 5.74) is 6.26. The third-order valence-electron chi connectivity index (χ3n) is 8.13. The largest absolute Gasteiger partial charge is 0.481 e. The molecule has 1 amide bonds. The minimum absolute atomic E-state index is 0.204. The van der Waals surface area contributed by atoms with Gasteiger partial charge in [-0.05, 0) is 56.6 Å². The average Bonchev–Trinajstić information content (AvgIpc) is 3.55. The van der Waals surface area contributed by atoms with Crippen molar-refractivity contribution in [3.63, 3.8) is 0 Å². The summed E-state index contributed by atoms with van der Waals surface area (Å²) in [4.78, 5) is 45.2. The first-order valence-electron chi connectivity index (χ1n) is 15.2. The quantitative estimate of drug-likeness (QED) is 0.223. The number of nitrogens with zero attached hydrogens (tertiary/aromatic N) is 4. The van der Waals surface area contributed by atoms with Crippen molar-refractivity contribution in [1.29, 1.82) is 0 Å². The number of aromatic nitrogens is 4. The Kier molecular flexibility index (Phi) is 10.1. The zero-order chi connectivity index (χ0) is 33.8. The van der Waals surface area contributed by atoms with Gasteiger partial charge in [0.05, 0.1) is 23.3 Å². The summed E-state index contributed by atoms with van der Waals surface area (Å²) >= 11 is 7.03. The number of pyridine rings is 2. The SMILES string of the molecule is CNCc1ccc(-c2cccc(-c3cccc(Nc4nc(C)cc5c4c(=O)n(C)c(=O)n5C)c3C)c2Cl)nc1OC.O=C1CCCN1. The Bertz CT molecular complexity index is 2100. The molecule has 47 heavy (non-hydrogen) atoms. The summed E-state index contributed by atoms with van der Waals surface area (Å²) in [7, 11) is 6.59. The molecule has 3 N–H and O–H groups in total. The smallest absolute Gasteiger partial charge is 0.330 e. The third-order valence-corrected chi connectivity index (χ3v) is 8.54. The van der Waals surface area contributed by atoms with Gasteiger partial charge in [-0.3, -0.25) is 18.7 Å². The standard InChI is InChI=1S/C31H31ClN6O3.C4H7NO/c1-17-15-25-26(30(39)38(5)31(40)37(25)4)28(34-17)35-23-12-8-9-20(18(23)2)21-10-7-11-22(27(21)32)24-14-13-19(16-33-3)29(36-24)41-6;6-4-2-1-3-5-4/h7-15,33H,16H2,1-6H3,(H,34,35);1-3H2,(H,5,6). The van der Waals surface area contributed by atoms with E-state index >= 15 is 0 Å². The molecule has 0 unspecified atom stereocenters. The second kappa shape index (κ2) is 14.2. The van der Waals surface area contributed by atoms with Gasteiger partial charge in [-0.1, -0.05) is 48.0 Å². The van der Waals surface area contributed by atoms with E-state index in [1.807, 2.05) is 69.4 Å². The molecule has 6 rings (SSSR count). The van der Waals surface area contributed by atoms with Crippen molar-refractivity contribution >= 4 is 39.9 Å². The number of aryl methyl sites for hydroxylation is 2. The average molecular weight is 656 g/mol. The van der Waals surface area contributed by atoms with Crippen molar-refractivity contribution < 1.29 is 9.53 Å². The van der Waals surface area contributed by atoms with E-state index in [2.05, 4.69) is 20.9 Å². The lowest BCUT2D eigenvalue weighted by molar-refractivity contribution is -0.119. The molecule has 2 aromatic carbocycles. The number of anilines is 2. The van der Waals surface area contributed by atoms with Crippen molar-refractivity contribution in [1.82, 2.24) is 29.7 Å². The fraction of sp³-hybridized carbons (Fsp3) is 0.286. The highest BCUT2D eigenvalue weighted by atomic mass is 35.5. The maximum Gasteiger partial charge on any atom is 0.330 e. The number of carbonyl (C=O) groups is 1. The highest BCUT2D eigenvalue weighted by molar-refractivity contribution is 6.36. The molecule has 0 saturated carbocycles. The molecule has 244 valence electrons. The Balaban J connectivity index is 0.000000650. The van der Waals surface area contributed by atoms with Crippen LogP contribution in [0, 0.1) is 13.8 Å². The van der Waals surface area contributed by atoms with Gasteiger partial charge in [-0.15, -0.1) is 0 Å². The van der Waals surface area contributed by atoms with Crippen LogP contribution in [0.3, 0.4) is 0 Å². The first kappa shape index (κ1) is 33.4. The molecule has 0 atom stereocenters. The van der Waals surface area contributed by atoms with Crippen molar-refractivity contribution in [2.45, 2.75) is 33.2 Å². The van der Waals surface area contributed by atoms with Gasteiger partial charge < -0.3 is 20.7 Å². The zero-order valence-electron chi connectivity index (χ0n) is 27.3. The Morgan fingerprint density at radius 2 is 1.68 bits per heavy atom. The van der Waals surface area contributed by atoms with Crippen molar-refractivity contribution in [2.75, 3.05) is 26.0 Å². The molecule has 4 heterocycles. The first-order chi connectivity index (χ1) is 22.5. The lowest BCUT2D eigenvalue weighted by Crippen LogP contribution is -2.37. The maximum absolute atomic E-state index is 13.2. The molecule has 12 heteroatoms. The Labute approximate surface area is 277 Å². The highest BCUT2D eigenvalue weighted by Crippen LogP contribution is 2.39. The lowest BCUT2D eigenvalue weighted by atomic mass is 9.96. The number of amides is 1. The molecule has 3 aromatic heterocycles. The van der Waals surface area contributed by atoms with Crippen LogP contribution in [0.2, 0.25) is 5.02 Å². The summed E-state index contributed by atoms with van der Waals surface area (Å²) in [6.45, 7) is 5.34. The number of fused-ring (bicyclic) bond motifs is 1. The van der Waals surface area contributed by atoms with Gasteiger partial charge in [0.25, 0.3) is 5.56 Å². The van der Waals surface area contributed by atoms with Gasteiger partial charge in [0, 0.05) is 61.7 Å². The zero-order valence-corrected chi connectivity index (χ0v) is 28.1. The van der Waals surface area contributed by atoms with E-state index in [1.54, 1.807) is 20.2 Å². The van der Waals surface area contributed by atoms with Crippen LogP contribution < -0.4 is 31.9 Å². The molecule has 1 aliphatic rings. The monoisotopic (exact) mass is 655 g/mol. The van der Waals surface area contributed by atoms with Crippen molar-refractivity contribution in [2.24, 2.45) is 14.1 Å². The number of methoxy groups -OCH3 is 1. The molecule has 11 nitrogen and oxygen atoms in total. The normalized spacial score (nSPS) is 12.4. The molecule has 1 aliphatic heterocycles. The number of hydrogen-bond acceptors (Lipinski definition) is 8. The highest BCUT2D eigenvalue weighted by Gasteiger charge is 2.18. The van der Waals surface area contributed by atoms with Crippen LogP contribution in [0.4, 0.5) is 11.5 Å². The van der Waals surface area contributed by atoms with Gasteiger partial charge in [0.15, 0.2) is 0 Å². The van der Waals surface area contributed by atoms with Crippen LogP contribution in [0.25, 0.3) is 33.3 Å². The van der Waals surface area contributed by atoms with Crippen LogP contribution >= 0.6 is 11.6 Å². The second-order valence-corrected chi connectivity index (χ2v) is 11.7. The van der Waals surface area contributed by atoms with Crippen LogP contribution in [-0.4, -0.2) is 45.7 Å². The second-order valence-electron chi connectivity index (χ2n) is 11.3. The van der Waals surface area contributed by atoms with Crippen LogP contribution in [-0.2, 0) is 25.4 Å². The molecule has 1 fully saturated rings. The fourth-order valence-electron chi connectivity index (χ4n) is 5.62. The van der Waals surface area contributed by atoms with Crippen LogP contribution in [0.1, 0.15) is 29.7 Å². The van der Waals surface area contributed by atoms with Gasteiger partial charge in [-0.25, -0.2) is 14.8 Å². The van der Waals surface area contributed by atoms with Gasteiger partial charge in [-0.2, -0.15) is 0 Å². The Morgan fingerprint density at radius 1 is 0.957 bits per heavy atom. The summed E-state index contributed by atoms with van der Waals surface area (Å²) < 4.78 is 8.07. The maximum atomic E-state index is 13.2. The molecule has 0 aliphatic carbocycles. The Hall–Kier alpha value is -5.00. The van der Waals surface area contributed by atoms with Gasteiger partial charge >= 0.3 is 5.69 Å². The van der Waals surface area contributed by atoms with E-state index in [4.69, 9.17) is 21.3 Å². The van der Waals surface area contributed by atoms with E-state index in [1.165, 1.54) is 11.6 Å². The number of hydrogen-bond donors (Lipinski definition) is 3. The number of nitrogens with one attached hydrogen (secondary N) is 3. The van der Waals surface area contributed by atoms with Crippen molar-refractivity contribution in [3.8, 4) is 28.3 Å². The molecular formula is C35H38ClN7O4. The fourth-order valence-corrected chi connectivity index (χ4v) is 5.94. The molecule has 5 aromatic rings. The van der Waals surface area contributed by atoms with Crippen molar-refractivity contribution in [3.05, 3.63) is 97.3 Å². The summed E-state index contributed by atoms with van der Waals surface area (Å²) in [5.74, 6) is 1.13. The predicted octanol–water partition coefficient (Wildman–Crippen LogP) is 5.00. The molecule has 0 radical (unpaired) electrons. The van der Waals surface area contributed by atoms with E-state index < -0.39 is 11.2 Å². The Morgan fingerprint density at radius 3 is 2.34 bits per heavy atom. The van der Waals surface area contributed by atoms with E-state index in [0.29, 0.717) is 45.6 Å². The van der Waals surface area contributed by atoms with E-state index in [9.17, 15) is 14.4 Å². The minimum atomic E-state index is -0.411. The van der Waals surface area contributed by atoms with E-state index in [0.717, 1.165) is 57.5 Å². The van der Waals surface area contributed by atoms with Gasteiger partial charge in [0.1, 0.15) is 11.2 Å². The number of halogens is 1. The molecular weight excluding hydrogens is 618 g/mol. The van der Waals surface area contributed by atoms with Crippen LogP contribution in [0.5, 0.6) is 5.88 Å². The lowest BCUT2D eigenvalue weighted by Gasteiger charge is -2.17. The van der Waals surface area contributed by atoms with Crippen LogP contribution in [0.15, 0.2) is 64.2 Å². The van der Waals surface area contributed by atoms with Gasteiger partial charge in [0.2, 0.25) is 11.8 Å². The molecule has 1 saturated heterocycles. The number of carbonyl (C=O) groups excluding carboxylic acids is 1. The predicted molar refractivity (Wildman–Crippen MR) is 187 cm³/mol. The topological polar surface area (TPSA) is 132 Å². The van der Waals surface area contributed by atoms with E-state index in [-0.39, 0.29) is 5.91 Å². The first-order valence-corrected chi connectivity index (χ1v) is 15.6. The number of ether oxygens (including phenoxy) is 1. The number of benzene rings is 2.